The highest BCUT2D eigenvalue weighted by Gasteiger charge is 2.52. The average molecular weight is 398 g/mol. The highest BCUT2D eigenvalue weighted by molar-refractivity contribution is 6.15. The second-order valence-corrected chi connectivity index (χ2v) is 10.3. The number of amides is 4. The monoisotopic (exact) mass is 397 g/mol. The van der Waals surface area contributed by atoms with Crippen LogP contribution in [-0.2, 0) is 9.59 Å². The Morgan fingerprint density at radius 3 is 2.41 bits per heavy atom. The van der Waals surface area contributed by atoms with Crippen LogP contribution < -0.4 is 4.90 Å². The van der Waals surface area contributed by atoms with E-state index in [-0.39, 0.29) is 35.2 Å². The lowest BCUT2D eigenvalue weighted by Gasteiger charge is -2.39. The van der Waals surface area contributed by atoms with E-state index in [0.717, 1.165) is 29.7 Å². The molecule has 1 aliphatic carbocycles. The summed E-state index contributed by atoms with van der Waals surface area (Å²) in [6.45, 7) is 11.0. The van der Waals surface area contributed by atoms with Crippen LogP contribution in [0.1, 0.15) is 52.5 Å². The molecule has 2 saturated heterocycles. The van der Waals surface area contributed by atoms with Crippen molar-refractivity contribution in [3.05, 3.63) is 29.8 Å². The molecular weight excluding hydrogens is 366 g/mol. The van der Waals surface area contributed by atoms with Crippen LogP contribution in [0.2, 0.25) is 0 Å². The normalized spacial score (nSPS) is 31.0. The number of imide groups is 1. The van der Waals surface area contributed by atoms with Crippen molar-refractivity contribution in [3.63, 3.8) is 0 Å². The van der Waals surface area contributed by atoms with Gasteiger partial charge in [-0.15, -0.1) is 0 Å². The summed E-state index contributed by atoms with van der Waals surface area (Å²) in [6.07, 6.45) is 3.08. The first-order valence-corrected chi connectivity index (χ1v) is 10.5. The SMILES string of the molecule is Cc1ccc(N2C(=O)N(CC(=O)N3CC4(C)CC3CC(C)(C)C4)C(=O)C2C)cc1. The number of hydrogen-bond acceptors (Lipinski definition) is 3. The van der Waals surface area contributed by atoms with Crippen LogP contribution in [0, 0.1) is 17.8 Å². The summed E-state index contributed by atoms with van der Waals surface area (Å²) in [5.41, 5.74) is 2.11. The molecule has 0 aromatic heterocycles. The quantitative estimate of drug-likeness (QED) is 0.733. The van der Waals surface area contributed by atoms with E-state index in [0.29, 0.717) is 12.2 Å². The maximum absolute atomic E-state index is 13.1. The molecule has 3 aliphatic rings. The third-order valence-corrected chi connectivity index (χ3v) is 6.79. The Labute approximate surface area is 172 Å². The molecule has 2 bridgehead atoms. The minimum atomic E-state index is -0.604. The van der Waals surface area contributed by atoms with Crippen LogP contribution in [0.25, 0.3) is 0 Å². The predicted octanol–water partition coefficient (Wildman–Crippen LogP) is 3.58. The lowest BCUT2D eigenvalue weighted by Crippen LogP contribution is -2.45. The molecule has 4 rings (SSSR count). The highest BCUT2D eigenvalue weighted by atomic mass is 16.2. The fraction of sp³-hybridized carbons (Fsp3) is 0.609. The summed E-state index contributed by atoms with van der Waals surface area (Å²) in [5.74, 6) is -0.422. The number of urea groups is 1. The summed E-state index contributed by atoms with van der Waals surface area (Å²) in [5, 5.41) is 0. The van der Waals surface area contributed by atoms with Crippen LogP contribution >= 0.6 is 0 Å². The molecule has 3 atom stereocenters. The number of benzene rings is 1. The van der Waals surface area contributed by atoms with E-state index in [1.165, 1.54) is 4.90 Å². The molecule has 6 nitrogen and oxygen atoms in total. The predicted molar refractivity (Wildman–Crippen MR) is 111 cm³/mol. The van der Waals surface area contributed by atoms with Crippen molar-refractivity contribution in [1.29, 1.82) is 0 Å². The van der Waals surface area contributed by atoms with E-state index in [4.69, 9.17) is 0 Å². The first-order valence-electron chi connectivity index (χ1n) is 10.5. The molecule has 0 spiro atoms. The van der Waals surface area contributed by atoms with E-state index in [2.05, 4.69) is 20.8 Å². The Bertz CT molecular complexity index is 863. The first kappa shape index (κ1) is 19.9. The van der Waals surface area contributed by atoms with Crippen LogP contribution in [0.15, 0.2) is 24.3 Å². The summed E-state index contributed by atoms with van der Waals surface area (Å²) >= 11 is 0. The van der Waals surface area contributed by atoms with Crippen molar-refractivity contribution in [1.82, 2.24) is 9.80 Å². The smallest absolute Gasteiger partial charge is 0.332 e. The van der Waals surface area contributed by atoms with Gasteiger partial charge in [-0.3, -0.25) is 19.4 Å². The number of rotatable bonds is 3. The van der Waals surface area contributed by atoms with Gasteiger partial charge in [0.2, 0.25) is 5.91 Å². The molecule has 4 amide bonds. The van der Waals surface area contributed by atoms with Gasteiger partial charge >= 0.3 is 6.03 Å². The second kappa shape index (κ2) is 6.57. The Balaban J connectivity index is 1.51. The van der Waals surface area contributed by atoms with Crippen LogP contribution in [0.4, 0.5) is 10.5 Å². The van der Waals surface area contributed by atoms with Crippen molar-refractivity contribution >= 4 is 23.5 Å². The lowest BCUT2D eigenvalue weighted by molar-refractivity contribution is -0.138. The van der Waals surface area contributed by atoms with E-state index in [1.54, 1.807) is 6.92 Å². The second-order valence-electron chi connectivity index (χ2n) is 10.3. The van der Waals surface area contributed by atoms with E-state index >= 15 is 0 Å². The summed E-state index contributed by atoms with van der Waals surface area (Å²) in [7, 11) is 0. The standard InChI is InChI=1S/C23H31N3O3/c1-15-6-8-17(9-7-15)26-16(2)20(28)24(21(26)29)12-19(27)25-14-23(5)11-18(25)10-22(3,4)13-23/h6-9,16,18H,10-14H2,1-5H3. The molecule has 2 heterocycles. The van der Waals surface area contributed by atoms with Gasteiger partial charge < -0.3 is 4.90 Å². The number of likely N-dealkylation sites (tertiary alicyclic amines) is 1. The van der Waals surface area contributed by atoms with Gasteiger partial charge in [-0.1, -0.05) is 38.5 Å². The first-order chi connectivity index (χ1) is 13.5. The minimum Gasteiger partial charge on any atom is -0.338 e. The molecule has 156 valence electrons. The van der Waals surface area contributed by atoms with Crippen molar-refractivity contribution in [2.24, 2.45) is 10.8 Å². The molecule has 0 radical (unpaired) electrons. The number of carbonyl (C=O) groups excluding carboxylic acids is 3. The van der Waals surface area contributed by atoms with Gasteiger partial charge in [-0.25, -0.2) is 4.79 Å². The summed E-state index contributed by atoms with van der Waals surface area (Å²) in [4.78, 5) is 43.5. The number of aryl methyl sites for hydroxylation is 1. The third-order valence-electron chi connectivity index (χ3n) is 6.79. The zero-order valence-corrected chi connectivity index (χ0v) is 18.1. The van der Waals surface area contributed by atoms with Gasteiger partial charge in [-0.05, 0) is 56.1 Å². The molecule has 3 unspecified atom stereocenters. The topological polar surface area (TPSA) is 60.9 Å². The molecule has 2 aliphatic heterocycles. The summed E-state index contributed by atoms with van der Waals surface area (Å²) in [6, 6.07) is 6.71. The number of carbonyl (C=O) groups is 3. The zero-order valence-electron chi connectivity index (χ0n) is 18.1. The van der Waals surface area contributed by atoms with E-state index in [9.17, 15) is 14.4 Å². The van der Waals surface area contributed by atoms with Crippen LogP contribution in [0.3, 0.4) is 0 Å². The molecule has 3 fully saturated rings. The maximum atomic E-state index is 13.1. The van der Waals surface area contributed by atoms with Crippen LogP contribution in [0.5, 0.6) is 0 Å². The third kappa shape index (κ3) is 3.43. The van der Waals surface area contributed by atoms with Crippen molar-refractivity contribution in [3.8, 4) is 0 Å². The Kier molecular flexibility index (Phi) is 4.52. The lowest BCUT2D eigenvalue weighted by atomic mass is 9.65. The molecule has 29 heavy (non-hydrogen) atoms. The zero-order chi connectivity index (χ0) is 21.1. The van der Waals surface area contributed by atoms with Crippen molar-refractivity contribution in [2.45, 2.75) is 66.0 Å². The number of nitrogens with zero attached hydrogens (tertiary/aromatic N) is 3. The molecule has 6 heteroatoms. The Morgan fingerprint density at radius 1 is 1.10 bits per heavy atom. The Hall–Kier alpha value is -2.37. The van der Waals surface area contributed by atoms with Gasteiger partial charge in [-0.2, -0.15) is 0 Å². The fourth-order valence-electron chi connectivity index (χ4n) is 5.89. The fourth-order valence-corrected chi connectivity index (χ4v) is 5.89. The number of anilines is 1. The largest absolute Gasteiger partial charge is 0.338 e. The number of hydrogen-bond donors (Lipinski definition) is 0. The van der Waals surface area contributed by atoms with Gasteiger partial charge in [0.1, 0.15) is 12.6 Å². The van der Waals surface area contributed by atoms with Gasteiger partial charge in [0, 0.05) is 18.3 Å². The Morgan fingerprint density at radius 2 is 1.76 bits per heavy atom. The van der Waals surface area contributed by atoms with E-state index in [1.807, 2.05) is 36.1 Å². The summed E-state index contributed by atoms with van der Waals surface area (Å²) < 4.78 is 0. The van der Waals surface area contributed by atoms with Crippen molar-refractivity contribution < 1.29 is 14.4 Å². The molecule has 1 aromatic carbocycles. The van der Waals surface area contributed by atoms with Gasteiger partial charge in [0.15, 0.2) is 0 Å². The molecule has 1 aromatic rings. The molecule has 1 saturated carbocycles. The number of fused-ring (bicyclic) bond motifs is 2. The minimum absolute atomic E-state index is 0.115. The van der Waals surface area contributed by atoms with Gasteiger partial charge in [0.25, 0.3) is 5.91 Å². The highest BCUT2D eigenvalue weighted by Crippen LogP contribution is 2.52. The van der Waals surface area contributed by atoms with Crippen LogP contribution in [-0.4, -0.2) is 52.8 Å². The molecular formula is C23H31N3O3. The van der Waals surface area contributed by atoms with Crippen molar-refractivity contribution in [2.75, 3.05) is 18.0 Å². The molecule has 0 N–H and O–H groups in total. The average Bonchev–Trinajstić information content (AvgIpc) is 2.99. The van der Waals surface area contributed by atoms with E-state index < -0.39 is 12.1 Å². The maximum Gasteiger partial charge on any atom is 0.332 e. The van der Waals surface area contributed by atoms with Gasteiger partial charge in [0.05, 0.1) is 0 Å².